The molecule has 0 unspecified atom stereocenters. The lowest BCUT2D eigenvalue weighted by Gasteiger charge is -2.32. The highest BCUT2D eigenvalue weighted by Gasteiger charge is 2.29. The summed E-state index contributed by atoms with van der Waals surface area (Å²) in [5, 5.41) is 30.3. The fourth-order valence-electron chi connectivity index (χ4n) is 4.24. The first kappa shape index (κ1) is 26.5. The third-order valence-electron chi connectivity index (χ3n) is 6.06. The van der Waals surface area contributed by atoms with Crippen molar-refractivity contribution in [1.82, 2.24) is 10.2 Å². The van der Waals surface area contributed by atoms with Crippen LogP contribution in [0.15, 0.2) is 36.4 Å². The molecule has 37 heavy (non-hydrogen) atoms. The van der Waals surface area contributed by atoms with E-state index in [-0.39, 0.29) is 18.5 Å². The second-order valence-corrected chi connectivity index (χ2v) is 10.4. The van der Waals surface area contributed by atoms with Crippen molar-refractivity contribution in [3.05, 3.63) is 52.5 Å². The number of hydrogen-bond acceptors (Lipinski definition) is 8. The lowest BCUT2D eigenvalue weighted by molar-refractivity contribution is 0.0576. The SMILES string of the molecule is COc1ccc(CN(C(=O)OC(C)(C)C)c2nnc(N3CCC(O)CC3)c3ccc(C#N)cc23)cc1Cl. The number of anilines is 2. The van der Waals surface area contributed by atoms with Gasteiger partial charge in [0.2, 0.25) is 0 Å². The number of aliphatic hydroxyl groups excluding tert-OH is 1. The molecule has 0 bridgehead atoms. The predicted octanol–water partition coefficient (Wildman–Crippen LogP) is 5.07. The van der Waals surface area contributed by atoms with Gasteiger partial charge in [0.15, 0.2) is 11.6 Å². The van der Waals surface area contributed by atoms with Crippen LogP contribution >= 0.6 is 11.6 Å². The fraction of sp³-hybridized carbons (Fsp3) is 0.407. The molecule has 0 spiro atoms. The van der Waals surface area contributed by atoms with Crippen molar-refractivity contribution in [1.29, 1.82) is 5.26 Å². The van der Waals surface area contributed by atoms with E-state index in [0.717, 1.165) is 10.9 Å². The van der Waals surface area contributed by atoms with Crippen molar-refractivity contribution >= 4 is 40.1 Å². The number of piperidine rings is 1. The van der Waals surface area contributed by atoms with Crippen molar-refractivity contribution < 1.29 is 19.4 Å². The molecule has 0 radical (unpaired) electrons. The van der Waals surface area contributed by atoms with Gasteiger partial charge in [0.05, 0.1) is 36.4 Å². The van der Waals surface area contributed by atoms with Gasteiger partial charge >= 0.3 is 6.09 Å². The molecule has 1 aromatic heterocycles. The van der Waals surface area contributed by atoms with E-state index in [1.54, 1.807) is 45.0 Å². The number of carbonyl (C=O) groups excluding carboxylic acids is 1. The van der Waals surface area contributed by atoms with Gasteiger partial charge in [-0.25, -0.2) is 4.79 Å². The lowest BCUT2D eigenvalue weighted by Crippen LogP contribution is -2.38. The summed E-state index contributed by atoms with van der Waals surface area (Å²) in [5.41, 5.74) is 0.415. The molecule has 0 aliphatic carbocycles. The summed E-state index contributed by atoms with van der Waals surface area (Å²) in [5.74, 6) is 1.44. The Hall–Kier alpha value is -3.61. The van der Waals surface area contributed by atoms with Crippen LogP contribution in [0, 0.1) is 11.3 Å². The van der Waals surface area contributed by atoms with E-state index in [1.807, 2.05) is 12.1 Å². The number of ether oxygens (including phenoxy) is 2. The van der Waals surface area contributed by atoms with Crippen LogP contribution in [0.5, 0.6) is 5.75 Å². The maximum atomic E-state index is 13.5. The van der Waals surface area contributed by atoms with Crippen molar-refractivity contribution in [2.24, 2.45) is 0 Å². The van der Waals surface area contributed by atoms with Gasteiger partial charge in [0.1, 0.15) is 11.4 Å². The molecule has 1 fully saturated rings. The Morgan fingerprint density at radius 3 is 2.54 bits per heavy atom. The zero-order chi connectivity index (χ0) is 26.7. The number of methoxy groups -OCH3 is 1. The minimum Gasteiger partial charge on any atom is -0.495 e. The molecule has 0 saturated carbocycles. The number of carbonyl (C=O) groups is 1. The molecule has 1 N–H and O–H groups in total. The molecule has 1 saturated heterocycles. The summed E-state index contributed by atoms with van der Waals surface area (Å²) in [6.45, 7) is 6.74. The normalized spacial score (nSPS) is 14.4. The molecule has 2 aromatic carbocycles. The number of halogens is 1. The first-order valence-corrected chi connectivity index (χ1v) is 12.4. The minimum atomic E-state index is -0.748. The maximum absolute atomic E-state index is 13.5. The van der Waals surface area contributed by atoms with E-state index in [1.165, 1.54) is 12.0 Å². The number of aliphatic hydroxyl groups is 1. The zero-order valence-corrected chi connectivity index (χ0v) is 22.1. The average Bonchev–Trinajstić information content (AvgIpc) is 2.86. The first-order chi connectivity index (χ1) is 17.6. The van der Waals surface area contributed by atoms with Crippen molar-refractivity contribution in [2.45, 2.75) is 51.9 Å². The number of nitrogens with zero attached hydrogens (tertiary/aromatic N) is 5. The monoisotopic (exact) mass is 523 g/mol. The summed E-state index contributed by atoms with van der Waals surface area (Å²) in [6, 6.07) is 12.7. The summed E-state index contributed by atoms with van der Waals surface area (Å²) in [6.07, 6.45) is 0.317. The largest absolute Gasteiger partial charge is 0.495 e. The van der Waals surface area contributed by atoms with Crippen LogP contribution in [0.4, 0.5) is 16.4 Å². The Labute approximate surface area is 221 Å². The van der Waals surface area contributed by atoms with Gasteiger partial charge in [-0.1, -0.05) is 17.7 Å². The standard InChI is InChI=1S/C27H30ClN5O4/c1-27(2,3)37-26(35)33(16-18-6-8-23(36-4)22(28)14-18)25-21-13-17(15-29)5-7-20(21)24(30-31-25)32-11-9-19(34)10-12-32/h5-8,13-14,19,34H,9-12,16H2,1-4H3. The number of benzene rings is 2. The van der Waals surface area contributed by atoms with E-state index >= 15 is 0 Å². The highest BCUT2D eigenvalue weighted by atomic mass is 35.5. The molecule has 3 aromatic rings. The van der Waals surface area contributed by atoms with Gasteiger partial charge in [0.25, 0.3) is 0 Å². The van der Waals surface area contributed by atoms with Crippen molar-refractivity contribution in [3.63, 3.8) is 0 Å². The van der Waals surface area contributed by atoms with Crippen LogP contribution < -0.4 is 14.5 Å². The minimum absolute atomic E-state index is 0.106. The molecule has 2 heterocycles. The molecular weight excluding hydrogens is 494 g/mol. The number of hydrogen-bond donors (Lipinski definition) is 1. The van der Waals surface area contributed by atoms with Crippen LogP contribution in [0.3, 0.4) is 0 Å². The molecule has 10 heteroatoms. The van der Waals surface area contributed by atoms with E-state index in [0.29, 0.717) is 53.5 Å². The summed E-state index contributed by atoms with van der Waals surface area (Å²) < 4.78 is 11.0. The summed E-state index contributed by atoms with van der Waals surface area (Å²) >= 11 is 6.35. The van der Waals surface area contributed by atoms with E-state index < -0.39 is 11.7 Å². The van der Waals surface area contributed by atoms with Gasteiger partial charge in [-0.3, -0.25) is 4.90 Å². The number of aromatic nitrogens is 2. The van der Waals surface area contributed by atoms with Gasteiger partial charge in [0, 0.05) is 23.9 Å². The summed E-state index contributed by atoms with van der Waals surface area (Å²) in [7, 11) is 1.53. The Balaban J connectivity index is 1.84. The van der Waals surface area contributed by atoms with E-state index in [9.17, 15) is 15.2 Å². The van der Waals surface area contributed by atoms with Crippen LogP contribution in [0.1, 0.15) is 44.7 Å². The molecule has 1 aliphatic heterocycles. The molecule has 194 valence electrons. The molecule has 9 nitrogen and oxygen atoms in total. The van der Waals surface area contributed by atoms with Gasteiger partial charge < -0.3 is 19.5 Å². The van der Waals surface area contributed by atoms with Crippen LogP contribution in [0.2, 0.25) is 5.02 Å². The Kier molecular flexibility index (Phi) is 7.71. The van der Waals surface area contributed by atoms with Crippen LogP contribution in [-0.4, -0.2) is 53.3 Å². The van der Waals surface area contributed by atoms with Crippen LogP contribution in [0.25, 0.3) is 10.8 Å². The fourth-order valence-corrected chi connectivity index (χ4v) is 4.52. The maximum Gasteiger partial charge on any atom is 0.416 e. The molecule has 1 aliphatic rings. The number of nitriles is 1. The topological polar surface area (TPSA) is 112 Å². The lowest BCUT2D eigenvalue weighted by atomic mass is 10.1. The third kappa shape index (κ3) is 6.04. The van der Waals surface area contributed by atoms with Gasteiger partial charge in [-0.05, 0) is 69.5 Å². The van der Waals surface area contributed by atoms with E-state index in [4.69, 9.17) is 21.1 Å². The average molecular weight is 524 g/mol. The second kappa shape index (κ2) is 10.8. The highest BCUT2D eigenvalue weighted by molar-refractivity contribution is 6.32. The van der Waals surface area contributed by atoms with Crippen molar-refractivity contribution in [3.8, 4) is 11.8 Å². The Bertz CT molecular complexity index is 1340. The van der Waals surface area contributed by atoms with Gasteiger partial charge in [-0.15, -0.1) is 10.2 Å². The summed E-state index contributed by atoms with van der Waals surface area (Å²) in [4.78, 5) is 16.9. The van der Waals surface area contributed by atoms with E-state index in [2.05, 4.69) is 21.2 Å². The Morgan fingerprint density at radius 2 is 1.92 bits per heavy atom. The number of fused-ring (bicyclic) bond motifs is 1. The molecule has 1 amide bonds. The third-order valence-corrected chi connectivity index (χ3v) is 6.36. The quantitative estimate of drug-likeness (QED) is 0.493. The van der Waals surface area contributed by atoms with Gasteiger partial charge in [-0.2, -0.15) is 5.26 Å². The molecule has 4 rings (SSSR count). The zero-order valence-electron chi connectivity index (χ0n) is 21.4. The predicted molar refractivity (Wildman–Crippen MR) is 142 cm³/mol. The first-order valence-electron chi connectivity index (χ1n) is 12.1. The Morgan fingerprint density at radius 1 is 1.19 bits per heavy atom. The number of rotatable bonds is 5. The molecular formula is C27H30ClN5O4. The smallest absolute Gasteiger partial charge is 0.416 e. The second-order valence-electron chi connectivity index (χ2n) is 9.97. The highest BCUT2D eigenvalue weighted by Crippen LogP contribution is 2.34. The number of amides is 1. The van der Waals surface area contributed by atoms with Crippen LogP contribution in [-0.2, 0) is 11.3 Å². The van der Waals surface area contributed by atoms with Crippen molar-refractivity contribution in [2.75, 3.05) is 30.0 Å². The molecule has 0 atom stereocenters.